The van der Waals surface area contributed by atoms with E-state index in [0.717, 1.165) is 48.3 Å². The van der Waals surface area contributed by atoms with Crippen molar-refractivity contribution in [1.29, 1.82) is 0 Å². The van der Waals surface area contributed by atoms with Crippen LogP contribution >= 0.6 is 11.6 Å². The molecule has 0 spiro atoms. The molecule has 2 aliphatic rings. The zero-order chi connectivity index (χ0) is 24.9. The van der Waals surface area contributed by atoms with Gasteiger partial charge in [0.05, 0.1) is 46.9 Å². The van der Waals surface area contributed by atoms with Crippen LogP contribution in [0.5, 0.6) is 5.75 Å². The van der Waals surface area contributed by atoms with E-state index in [-0.39, 0.29) is 23.5 Å². The number of rotatable bonds is 5. The predicted molar refractivity (Wildman–Crippen MR) is 129 cm³/mol. The van der Waals surface area contributed by atoms with Gasteiger partial charge in [0, 0.05) is 18.1 Å². The normalized spacial score (nSPS) is 19.7. The monoisotopic (exact) mass is 498 g/mol. The molecule has 0 saturated heterocycles. The van der Waals surface area contributed by atoms with Crippen molar-refractivity contribution in [3.63, 3.8) is 0 Å². The lowest BCUT2D eigenvalue weighted by Gasteiger charge is -2.29. The van der Waals surface area contributed by atoms with Crippen molar-refractivity contribution in [1.82, 2.24) is 19.5 Å². The van der Waals surface area contributed by atoms with Crippen LogP contribution in [0.4, 0.5) is 4.39 Å². The molecular weight excluding hydrogens is 471 g/mol. The molecule has 0 N–H and O–H groups in total. The van der Waals surface area contributed by atoms with Gasteiger partial charge in [0.1, 0.15) is 17.3 Å². The molecule has 1 aliphatic carbocycles. The molecule has 1 amide bonds. The van der Waals surface area contributed by atoms with E-state index in [2.05, 4.69) is 10.1 Å². The Labute approximate surface area is 208 Å². The van der Waals surface area contributed by atoms with E-state index in [0.29, 0.717) is 41.7 Å². The summed E-state index contributed by atoms with van der Waals surface area (Å²) in [6.07, 6.45) is 3.82. The van der Waals surface area contributed by atoms with Crippen LogP contribution in [-0.2, 0) is 17.9 Å². The van der Waals surface area contributed by atoms with Crippen molar-refractivity contribution in [2.45, 2.75) is 72.1 Å². The van der Waals surface area contributed by atoms with Crippen molar-refractivity contribution < 1.29 is 18.7 Å². The van der Waals surface area contributed by atoms with Gasteiger partial charge in [0.25, 0.3) is 5.91 Å². The molecule has 3 heterocycles. The van der Waals surface area contributed by atoms with E-state index in [9.17, 15) is 14.0 Å². The van der Waals surface area contributed by atoms with E-state index >= 15 is 0 Å². The standard InChI is InChI=1S/C26H28ClFN4O3/c1-14(33)10-17-4-7-19(8-5-17)35-23-11-18(28)6-9-20(23)26(34)31-12-21-22(13-31)30-32-16(3)24(27)15(2)29-25(21)32/h6,9,11,17,19H,4-5,7-8,10,12-13H2,1-3H3. The SMILES string of the molecule is CC(=O)CC1CCC(Oc2cc(F)ccc2C(=O)N2Cc3nn4c(C)c(Cl)c(C)nc4c3C2)CC1. The second-order valence-corrected chi connectivity index (χ2v) is 10.1. The average Bonchev–Trinajstić information content (AvgIpc) is 3.37. The number of Topliss-reactive ketones (excluding diaryl/α,β-unsaturated/α-hetero) is 1. The summed E-state index contributed by atoms with van der Waals surface area (Å²) in [5.41, 5.74) is 4.25. The number of hydrogen-bond acceptors (Lipinski definition) is 5. The number of carbonyl (C=O) groups is 2. The van der Waals surface area contributed by atoms with Gasteiger partial charge in [-0.05, 0) is 64.5 Å². The van der Waals surface area contributed by atoms with Gasteiger partial charge in [-0.3, -0.25) is 4.79 Å². The summed E-state index contributed by atoms with van der Waals surface area (Å²) in [5.74, 6) is 0.162. The third-order valence-corrected chi connectivity index (χ3v) is 7.63. The third kappa shape index (κ3) is 4.51. The molecule has 2 aromatic heterocycles. The first kappa shape index (κ1) is 23.7. The fraction of sp³-hybridized carbons (Fsp3) is 0.462. The average molecular weight is 499 g/mol. The highest BCUT2D eigenvalue weighted by Gasteiger charge is 2.32. The fourth-order valence-corrected chi connectivity index (χ4v) is 5.36. The van der Waals surface area contributed by atoms with Gasteiger partial charge < -0.3 is 14.4 Å². The van der Waals surface area contributed by atoms with Crippen LogP contribution in [0.25, 0.3) is 5.65 Å². The zero-order valence-corrected chi connectivity index (χ0v) is 20.9. The second-order valence-electron chi connectivity index (χ2n) is 9.73. The molecule has 1 aliphatic heterocycles. The molecule has 184 valence electrons. The van der Waals surface area contributed by atoms with Gasteiger partial charge in [-0.2, -0.15) is 5.10 Å². The maximum Gasteiger partial charge on any atom is 0.258 e. The number of aryl methyl sites for hydroxylation is 2. The van der Waals surface area contributed by atoms with Gasteiger partial charge in [0.15, 0.2) is 5.65 Å². The highest BCUT2D eigenvalue weighted by atomic mass is 35.5. The first-order valence-electron chi connectivity index (χ1n) is 12.0. The number of nitrogens with zero attached hydrogens (tertiary/aromatic N) is 4. The second kappa shape index (κ2) is 9.22. The summed E-state index contributed by atoms with van der Waals surface area (Å²) in [7, 11) is 0. The predicted octanol–water partition coefficient (Wildman–Crippen LogP) is 5.21. The Hall–Kier alpha value is -3.00. The molecule has 0 radical (unpaired) electrons. The number of carbonyl (C=O) groups excluding carboxylic acids is 2. The molecule has 0 atom stereocenters. The van der Waals surface area contributed by atoms with Crippen molar-refractivity contribution >= 4 is 28.9 Å². The molecule has 9 heteroatoms. The number of aromatic nitrogens is 3. The van der Waals surface area contributed by atoms with Crippen LogP contribution in [0, 0.1) is 25.6 Å². The molecule has 3 aromatic rings. The van der Waals surface area contributed by atoms with Gasteiger partial charge in [-0.25, -0.2) is 13.9 Å². The van der Waals surface area contributed by atoms with Gasteiger partial charge >= 0.3 is 0 Å². The summed E-state index contributed by atoms with van der Waals surface area (Å²) in [5, 5.41) is 5.22. The molecule has 5 rings (SSSR count). The van der Waals surface area contributed by atoms with Crippen molar-refractivity contribution in [3.8, 4) is 5.75 Å². The van der Waals surface area contributed by atoms with E-state index in [1.807, 2.05) is 13.8 Å². The molecule has 1 fully saturated rings. The number of ketones is 1. The van der Waals surface area contributed by atoms with E-state index < -0.39 is 5.82 Å². The zero-order valence-electron chi connectivity index (χ0n) is 20.1. The van der Waals surface area contributed by atoms with Crippen LogP contribution in [0.3, 0.4) is 0 Å². The first-order chi connectivity index (χ1) is 16.7. The highest BCUT2D eigenvalue weighted by molar-refractivity contribution is 6.31. The fourth-order valence-electron chi connectivity index (χ4n) is 5.24. The summed E-state index contributed by atoms with van der Waals surface area (Å²) in [6, 6.07) is 4.06. The summed E-state index contributed by atoms with van der Waals surface area (Å²) >= 11 is 6.33. The largest absolute Gasteiger partial charge is 0.489 e. The minimum Gasteiger partial charge on any atom is -0.489 e. The maximum atomic E-state index is 14.1. The van der Waals surface area contributed by atoms with E-state index in [4.69, 9.17) is 16.3 Å². The topological polar surface area (TPSA) is 76.8 Å². The van der Waals surface area contributed by atoms with E-state index in [1.54, 1.807) is 16.3 Å². The number of amides is 1. The minimum absolute atomic E-state index is 0.105. The Kier molecular flexibility index (Phi) is 6.25. The number of halogens is 2. The Morgan fingerprint density at radius 2 is 1.91 bits per heavy atom. The number of ether oxygens (including phenoxy) is 1. The first-order valence-corrected chi connectivity index (χ1v) is 12.4. The van der Waals surface area contributed by atoms with Crippen LogP contribution in [0.1, 0.15) is 72.0 Å². The third-order valence-electron chi connectivity index (χ3n) is 7.08. The van der Waals surface area contributed by atoms with Gasteiger partial charge in [0.2, 0.25) is 0 Å². The lowest BCUT2D eigenvalue weighted by atomic mass is 9.84. The quantitative estimate of drug-likeness (QED) is 0.482. The van der Waals surface area contributed by atoms with Crippen LogP contribution in [0.15, 0.2) is 18.2 Å². The Morgan fingerprint density at radius 1 is 1.17 bits per heavy atom. The molecule has 0 unspecified atom stereocenters. The Balaban J connectivity index is 1.34. The molecule has 1 aromatic carbocycles. The van der Waals surface area contributed by atoms with Crippen molar-refractivity contribution in [2.24, 2.45) is 5.92 Å². The van der Waals surface area contributed by atoms with E-state index in [1.165, 1.54) is 18.2 Å². The number of hydrogen-bond donors (Lipinski definition) is 0. The smallest absolute Gasteiger partial charge is 0.258 e. The molecule has 1 saturated carbocycles. The summed E-state index contributed by atoms with van der Waals surface area (Å²) < 4.78 is 22.0. The number of benzene rings is 1. The van der Waals surface area contributed by atoms with Gasteiger partial charge in [-0.15, -0.1) is 0 Å². The molecule has 35 heavy (non-hydrogen) atoms. The Morgan fingerprint density at radius 3 is 2.63 bits per heavy atom. The lowest BCUT2D eigenvalue weighted by Crippen LogP contribution is -2.29. The minimum atomic E-state index is -0.448. The summed E-state index contributed by atoms with van der Waals surface area (Å²) in [6.45, 7) is 6.06. The lowest BCUT2D eigenvalue weighted by molar-refractivity contribution is -0.118. The summed E-state index contributed by atoms with van der Waals surface area (Å²) in [4.78, 5) is 31.2. The maximum absolute atomic E-state index is 14.1. The van der Waals surface area contributed by atoms with Gasteiger partial charge in [-0.1, -0.05) is 11.6 Å². The molecule has 7 nitrogen and oxygen atoms in total. The van der Waals surface area contributed by atoms with Crippen LogP contribution < -0.4 is 4.74 Å². The molecular formula is C26H28ClFN4O3. The Bertz CT molecular complexity index is 1330. The highest BCUT2D eigenvalue weighted by Crippen LogP contribution is 2.34. The van der Waals surface area contributed by atoms with Crippen molar-refractivity contribution in [3.05, 3.63) is 57.2 Å². The van der Waals surface area contributed by atoms with Crippen LogP contribution in [0.2, 0.25) is 5.02 Å². The van der Waals surface area contributed by atoms with Crippen LogP contribution in [-0.4, -0.2) is 37.3 Å². The van der Waals surface area contributed by atoms with Crippen molar-refractivity contribution in [2.75, 3.05) is 0 Å². The number of fused-ring (bicyclic) bond motifs is 3. The molecule has 0 bridgehead atoms.